The van der Waals surface area contributed by atoms with Gasteiger partial charge < -0.3 is 4.90 Å². The average Bonchev–Trinajstić information content (AvgIpc) is 2.05. The molecule has 0 aromatic carbocycles. The van der Waals surface area contributed by atoms with E-state index in [2.05, 4.69) is 18.1 Å². The van der Waals surface area contributed by atoms with Crippen LogP contribution in [0.3, 0.4) is 0 Å². The van der Waals surface area contributed by atoms with Crippen LogP contribution in [0, 0.1) is 0 Å². The zero-order valence-corrected chi connectivity index (χ0v) is 7.78. The van der Waals surface area contributed by atoms with Gasteiger partial charge in [-0.15, -0.1) is 0 Å². The van der Waals surface area contributed by atoms with Crippen LogP contribution in [0.15, 0.2) is 0 Å². The van der Waals surface area contributed by atoms with Crippen LogP contribution in [0.5, 0.6) is 0 Å². The number of rotatable bonds is 2. The summed E-state index contributed by atoms with van der Waals surface area (Å²) in [4.78, 5) is 2.55. The second-order valence-corrected chi connectivity index (χ2v) is 4.03. The Morgan fingerprint density at radius 2 is 2.40 bits per heavy atom. The van der Waals surface area contributed by atoms with Crippen LogP contribution in [0.2, 0.25) is 0 Å². The van der Waals surface area contributed by atoms with Gasteiger partial charge in [-0.25, -0.2) is 0 Å². The number of likely N-dealkylation sites (tertiary alicyclic amines) is 1. The molecule has 0 radical (unpaired) electrons. The average molecular weight is 159 g/mol. The third-order valence-corrected chi connectivity index (χ3v) is 3.29. The van der Waals surface area contributed by atoms with Crippen molar-refractivity contribution in [3.8, 4) is 0 Å². The highest BCUT2D eigenvalue weighted by Crippen LogP contribution is 2.19. The molecule has 1 atom stereocenters. The number of hydrogen-bond donors (Lipinski definition) is 0. The lowest BCUT2D eigenvalue weighted by molar-refractivity contribution is 0.246. The summed E-state index contributed by atoms with van der Waals surface area (Å²) in [5.41, 5.74) is 0. The fourth-order valence-electron chi connectivity index (χ4n) is 1.49. The highest BCUT2D eigenvalue weighted by atomic mass is 32.2. The maximum Gasteiger partial charge on any atom is 0.0172 e. The van der Waals surface area contributed by atoms with E-state index in [1.165, 1.54) is 32.5 Å². The van der Waals surface area contributed by atoms with E-state index in [1.807, 2.05) is 11.8 Å². The van der Waals surface area contributed by atoms with Gasteiger partial charge in [-0.05, 0) is 32.2 Å². The van der Waals surface area contributed by atoms with Crippen LogP contribution in [0.1, 0.15) is 19.8 Å². The van der Waals surface area contributed by atoms with Crippen molar-refractivity contribution in [3.05, 3.63) is 0 Å². The summed E-state index contributed by atoms with van der Waals surface area (Å²) in [5, 5.41) is 0.911. The molecule has 1 fully saturated rings. The fraction of sp³-hybridized carbons (Fsp3) is 1.00. The molecular weight excluding hydrogens is 142 g/mol. The van der Waals surface area contributed by atoms with E-state index in [0.717, 1.165) is 5.25 Å². The van der Waals surface area contributed by atoms with Crippen molar-refractivity contribution in [1.82, 2.24) is 4.90 Å². The Balaban J connectivity index is 2.25. The first kappa shape index (κ1) is 8.41. The highest BCUT2D eigenvalue weighted by Gasteiger charge is 2.16. The summed E-state index contributed by atoms with van der Waals surface area (Å²) in [6.45, 7) is 6.13. The maximum absolute atomic E-state index is 2.55. The number of nitrogens with zero attached hydrogens (tertiary/aromatic N) is 1. The van der Waals surface area contributed by atoms with Crippen LogP contribution >= 0.6 is 11.8 Å². The second kappa shape index (κ2) is 4.24. The van der Waals surface area contributed by atoms with Gasteiger partial charge in [-0.1, -0.05) is 6.92 Å². The van der Waals surface area contributed by atoms with Gasteiger partial charge in [0.2, 0.25) is 0 Å². The molecule has 1 saturated heterocycles. The summed E-state index contributed by atoms with van der Waals surface area (Å²) in [7, 11) is 0. The van der Waals surface area contributed by atoms with E-state index < -0.39 is 0 Å². The predicted molar refractivity (Wildman–Crippen MR) is 48.7 cm³/mol. The predicted octanol–water partition coefficient (Wildman–Crippen LogP) is 1.83. The van der Waals surface area contributed by atoms with Crippen molar-refractivity contribution < 1.29 is 0 Å². The van der Waals surface area contributed by atoms with Crippen LogP contribution in [0.4, 0.5) is 0 Å². The molecule has 0 bridgehead atoms. The molecule has 1 aliphatic rings. The number of piperidine rings is 1. The van der Waals surface area contributed by atoms with Crippen molar-refractivity contribution >= 4 is 11.8 Å². The van der Waals surface area contributed by atoms with Gasteiger partial charge in [0, 0.05) is 11.8 Å². The first-order valence-corrected chi connectivity index (χ1v) is 5.40. The molecule has 1 aliphatic heterocycles. The molecule has 1 rings (SSSR count). The summed E-state index contributed by atoms with van der Waals surface area (Å²) in [5.74, 6) is 0. The molecule has 1 heterocycles. The van der Waals surface area contributed by atoms with Crippen LogP contribution in [-0.4, -0.2) is 36.0 Å². The Labute approximate surface area is 68.2 Å². The molecular formula is C8H17NS. The Hall–Kier alpha value is 0.310. The largest absolute Gasteiger partial charge is 0.303 e. The van der Waals surface area contributed by atoms with Gasteiger partial charge in [0.15, 0.2) is 0 Å². The van der Waals surface area contributed by atoms with Gasteiger partial charge >= 0.3 is 0 Å². The van der Waals surface area contributed by atoms with Crippen molar-refractivity contribution in [2.45, 2.75) is 25.0 Å². The van der Waals surface area contributed by atoms with E-state index in [9.17, 15) is 0 Å². The van der Waals surface area contributed by atoms with Gasteiger partial charge in [0.05, 0.1) is 0 Å². The standard InChI is InChI=1S/C8H17NS/c1-3-9-6-4-5-8(7-9)10-2/h8H,3-7H2,1-2H3. The first-order chi connectivity index (χ1) is 4.86. The minimum Gasteiger partial charge on any atom is -0.303 e. The Morgan fingerprint density at radius 3 is 3.00 bits per heavy atom. The monoisotopic (exact) mass is 159 g/mol. The van der Waals surface area contributed by atoms with Crippen molar-refractivity contribution in [2.75, 3.05) is 25.9 Å². The molecule has 0 amide bonds. The van der Waals surface area contributed by atoms with Crippen molar-refractivity contribution in [3.63, 3.8) is 0 Å². The molecule has 60 valence electrons. The molecule has 0 aliphatic carbocycles. The Morgan fingerprint density at radius 1 is 1.60 bits per heavy atom. The molecule has 0 saturated carbocycles. The van der Waals surface area contributed by atoms with E-state index >= 15 is 0 Å². The number of thioether (sulfide) groups is 1. The minimum absolute atomic E-state index is 0.911. The smallest absolute Gasteiger partial charge is 0.0172 e. The molecule has 1 nitrogen and oxygen atoms in total. The van der Waals surface area contributed by atoms with Gasteiger partial charge in [-0.2, -0.15) is 11.8 Å². The second-order valence-electron chi connectivity index (χ2n) is 2.89. The summed E-state index contributed by atoms with van der Waals surface area (Å²) in [6, 6.07) is 0. The van der Waals surface area contributed by atoms with E-state index in [0.29, 0.717) is 0 Å². The van der Waals surface area contributed by atoms with Crippen molar-refractivity contribution in [2.24, 2.45) is 0 Å². The normalized spacial score (nSPS) is 28.8. The summed E-state index contributed by atoms with van der Waals surface area (Å²) in [6.07, 6.45) is 5.06. The van der Waals surface area contributed by atoms with Crippen molar-refractivity contribution in [1.29, 1.82) is 0 Å². The molecule has 0 aromatic rings. The van der Waals surface area contributed by atoms with E-state index in [4.69, 9.17) is 0 Å². The fourth-order valence-corrected chi connectivity index (χ4v) is 2.25. The molecule has 0 spiro atoms. The van der Waals surface area contributed by atoms with Gasteiger partial charge in [0.25, 0.3) is 0 Å². The zero-order chi connectivity index (χ0) is 7.40. The quantitative estimate of drug-likeness (QED) is 0.605. The SMILES string of the molecule is CCN1CCCC(SC)C1. The number of hydrogen-bond acceptors (Lipinski definition) is 2. The molecule has 0 N–H and O–H groups in total. The molecule has 10 heavy (non-hydrogen) atoms. The van der Waals surface area contributed by atoms with Gasteiger partial charge in [0.1, 0.15) is 0 Å². The molecule has 2 heteroatoms. The van der Waals surface area contributed by atoms with E-state index in [1.54, 1.807) is 0 Å². The van der Waals surface area contributed by atoms with Crippen LogP contribution in [-0.2, 0) is 0 Å². The summed E-state index contributed by atoms with van der Waals surface area (Å²) < 4.78 is 0. The molecule has 0 aromatic heterocycles. The summed E-state index contributed by atoms with van der Waals surface area (Å²) >= 11 is 2.02. The van der Waals surface area contributed by atoms with Crippen LogP contribution < -0.4 is 0 Å². The topological polar surface area (TPSA) is 3.24 Å². The Bertz CT molecular complexity index is 85.3. The Kier molecular flexibility index (Phi) is 3.57. The lowest BCUT2D eigenvalue weighted by Gasteiger charge is -2.30. The minimum atomic E-state index is 0.911. The lowest BCUT2D eigenvalue weighted by Crippen LogP contribution is -2.36. The zero-order valence-electron chi connectivity index (χ0n) is 6.97. The van der Waals surface area contributed by atoms with Gasteiger partial charge in [-0.3, -0.25) is 0 Å². The third-order valence-electron chi connectivity index (χ3n) is 2.24. The lowest BCUT2D eigenvalue weighted by atomic mass is 10.1. The maximum atomic E-state index is 2.55. The first-order valence-electron chi connectivity index (χ1n) is 4.12. The highest BCUT2D eigenvalue weighted by molar-refractivity contribution is 7.99. The van der Waals surface area contributed by atoms with Crippen LogP contribution in [0.25, 0.3) is 0 Å². The third kappa shape index (κ3) is 2.17. The van der Waals surface area contributed by atoms with E-state index in [-0.39, 0.29) is 0 Å². The molecule has 1 unspecified atom stereocenters.